The summed E-state index contributed by atoms with van der Waals surface area (Å²) in [7, 11) is 2.17. The van der Waals surface area contributed by atoms with Crippen LogP contribution in [0.4, 0.5) is 0 Å². The zero-order valence-corrected chi connectivity index (χ0v) is 16.0. The van der Waals surface area contributed by atoms with Crippen molar-refractivity contribution in [3.63, 3.8) is 0 Å². The van der Waals surface area contributed by atoms with Crippen LogP contribution >= 0.6 is 0 Å². The molecule has 1 spiro atoms. The maximum Gasteiger partial charge on any atom is 0.272 e. The van der Waals surface area contributed by atoms with Gasteiger partial charge in [0.15, 0.2) is 0 Å². The first kappa shape index (κ1) is 17.9. The van der Waals surface area contributed by atoms with Gasteiger partial charge in [-0.3, -0.25) is 9.69 Å². The smallest absolute Gasteiger partial charge is 0.272 e. The van der Waals surface area contributed by atoms with Gasteiger partial charge in [-0.05, 0) is 57.5 Å². The third-order valence-electron chi connectivity index (χ3n) is 5.82. The lowest BCUT2D eigenvalue weighted by Crippen LogP contribution is -2.72. The zero-order valence-electron chi connectivity index (χ0n) is 16.0. The Morgan fingerprint density at radius 2 is 2.11 bits per heavy atom. The van der Waals surface area contributed by atoms with Crippen molar-refractivity contribution in [3.05, 3.63) is 54.0 Å². The van der Waals surface area contributed by atoms with Gasteiger partial charge in [0, 0.05) is 31.0 Å². The van der Waals surface area contributed by atoms with Crippen LogP contribution < -0.4 is 4.74 Å². The van der Waals surface area contributed by atoms with Crippen LogP contribution in [0, 0.1) is 12.8 Å². The first-order valence-electron chi connectivity index (χ1n) is 9.54. The van der Waals surface area contributed by atoms with Gasteiger partial charge in [0.2, 0.25) is 5.88 Å². The minimum absolute atomic E-state index is 0.0320. The summed E-state index contributed by atoms with van der Waals surface area (Å²) in [6.07, 6.45) is 3.90. The Kier molecular flexibility index (Phi) is 4.83. The molecule has 2 aliphatic heterocycles. The molecule has 2 saturated heterocycles. The first-order chi connectivity index (χ1) is 13.1. The van der Waals surface area contributed by atoms with E-state index >= 15 is 0 Å². The number of ether oxygens (including phenoxy) is 1. The molecule has 6 heteroatoms. The van der Waals surface area contributed by atoms with E-state index in [2.05, 4.69) is 21.9 Å². The minimum Gasteiger partial charge on any atom is -0.477 e. The molecule has 0 bridgehead atoms. The van der Waals surface area contributed by atoms with E-state index in [1.165, 1.54) is 0 Å². The SMILES string of the molecule is Cc1cccc(C(=O)N2CC3(C[C@H](COc4ccccn4)CCN3C)C2)n1. The Labute approximate surface area is 160 Å². The van der Waals surface area contributed by atoms with E-state index in [0.29, 0.717) is 24.1 Å². The quantitative estimate of drug-likeness (QED) is 0.832. The highest BCUT2D eigenvalue weighted by Crippen LogP contribution is 2.38. The van der Waals surface area contributed by atoms with E-state index in [0.717, 1.165) is 38.2 Å². The van der Waals surface area contributed by atoms with Crippen molar-refractivity contribution >= 4 is 5.91 Å². The molecule has 0 N–H and O–H groups in total. The van der Waals surface area contributed by atoms with Crippen molar-refractivity contribution in [1.29, 1.82) is 0 Å². The lowest BCUT2D eigenvalue weighted by atomic mass is 9.75. The van der Waals surface area contributed by atoms with Crippen molar-refractivity contribution in [1.82, 2.24) is 19.8 Å². The van der Waals surface area contributed by atoms with Gasteiger partial charge in [-0.2, -0.15) is 0 Å². The van der Waals surface area contributed by atoms with Crippen LogP contribution in [0.25, 0.3) is 0 Å². The molecule has 4 heterocycles. The number of carbonyl (C=O) groups excluding carboxylic acids is 1. The van der Waals surface area contributed by atoms with E-state index in [1.54, 1.807) is 12.3 Å². The van der Waals surface area contributed by atoms with Crippen molar-refractivity contribution < 1.29 is 9.53 Å². The van der Waals surface area contributed by atoms with Crippen LogP contribution in [0.3, 0.4) is 0 Å². The molecule has 142 valence electrons. The second-order valence-electron chi connectivity index (χ2n) is 7.81. The van der Waals surface area contributed by atoms with Gasteiger partial charge < -0.3 is 9.64 Å². The van der Waals surface area contributed by atoms with E-state index in [-0.39, 0.29) is 11.4 Å². The maximum atomic E-state index is 12.7. The number of likely N-dealkylation sites (tertiary alicyclic amines) is 2. The third kappa shape index (κ3) is 3.67. The van der Waals surface area contributed by atoms with Gasteiger partial charge in [-0.1, -0.05) is 12.1 Å². The van der Waals surface area contributed by atoms with Crippen LogP contribution in [-0.2, 0) is 0 Å². The molecule has 2 aromatic heterocycles. The van der Waals surface area contributed by atoms with Crippen molar-refractivity contribution in [2.75, 3.05) is 33.3 Å². The average Bonchev–Trinajstić information content (AvgIpc) is 2.66. The predicted molar refractivity (Wildman–Crippen MR) is 103 cm³/mol. The highest BCUT2D eigenvalue weighted by molar-refractivity contribution is 5.93. The topological polar surface area (TPSA) is 58.6 Å². The molecule has 4 rings (SSSR count). The molecule has 0 aliphatic carbocycles. The van der Waals surface area contributed by atoms with E-state index in [9.17, 15) is 4.79 Å². The molecule has 1 atom stereocenters. The van der Waals surface area contributed by atoms with Crippen LogP contribution in [-0.4, -0.2) is 64.5 Å². The van der Waals surface area contributed by atoms with E-state index < -0.39 is 0 Å². The maximum absolute atomic E-state index is 12.7. The Morgan fingerprint density at radius 3 is 2.85 bits per heavy atom. The second-order valence-corrected chi connectivity index (χ2v) is 7.81. The van der Waals surface area contributed by atoms with Gasteiger partial charge >= 0.3 is 0 Å². The fourth-order valence-corrected chi connectivity index (χ4v) is 4.19. The number of aryl methyl sites for hydroxylation is 1. The fourth-order valence-electron chi connectivity index (χ4n) is 4.19. The third-order valence-corrected chi connectivity index (χ3v) is 5.82. The zero-order chi connectivity index (χ0) is 18.9. The van der Waals surface area contributed by atoms with E-state index in [4.69, 9.17) is 4.74 Å². The largest absolute Gasteiger partial charge is 0.477 e. The summed E-state index contributed by atoms with van der Waals surface area (Å²) >= 11 is 0. The van der Waals surface area contributed by atoms with Crippen LogP contribution in [0.2, 0.25) is 0 Å². The summed E-state index contributed by atoms with van der Waals surface area (Å²) in [5, 5.41) is 0. The Bertz CT molecular complexity index is 805. The monoisotopic (exact) mass is 366 g/mol. The predicted octanol–water partition coefficient (Wildman–Crippen LogP) is 2.40. The molecule has 0 radical (unpaired) electrons. The number of piperidine rings is 1. The fraction of sp³-hybridized carbons (Fsp3) is 0.476. The summed E-state index contributed by atoms with van der Waals surface area (Å²) in [6.45, 7) is 5.15. The highest BCUT2D eigenvalue weighted by atomic mass is 16.5. The Balaban J connectivity index is 1.36. The summed E-state index contributed by atoms with van der Waals surface area (Å²) < 4.78 is 5.88. The molecular formula is C21H26N4O2. The van der Waals surface area contributed by atoms with Crippen molar-refractivity contribution in [2.24, 2.45) is 5.92 Å². The van der Waals surface area contributed by atoms with Gasteiger partial charge in [-0.15, -0.1) is 0 Å². The molecule has 27 heavy (non-hydrogen) atoms. The van der Waals surface area contributed by atoms with Crippen molar-refractivity contribution in [2.45, 2.75) is 25.3 Å². The number of pyridine rings is 2. The highest BCUT2D eigenvalue weighted by Gasteiger charge is 2.51. The summed E-state index contributed by atoms with van der Waals surface area (Å²) in [4.78, 5) is 25.7. The van der Waals surface area contributed by atoms with Crippen LogP contribution in [0.1, 0.15) is 29.0 Å². The average molecular weight is 366 g/mol. The Hall–Kier alpha value is -2.47. The Morgan fingerprint density at radius 1 is 1.26 bits per heavy atom. The normalized spacial score (nSPS) is 21.7. The number of carbonyl (C=O) groups is 1. The summed E-state index contributed by atoms with van der Waals surface area (Å²) in [6, 6.07) is 11.3. The van der Waals surface area contributed by atoms with E-state index in [1.807, 2.05) is 42.2 Å². The molecule has 1 amide bonds. The molecule has 2 fully saturated rings. The molecule has 2 aliphatic rings. The number of rotatable bonds is 4. The molecule has 2 aromatic rings. The van der Waals surface area contributed by atoms with Gasteiger partial charge in [0.1, 0.15) is 5.69 Å². The summed E-state index contributed by atoms with van der Waals surface area (Å²) in [5.74, 6) is 1.20. The second kappa shape index (κ2) is 7.27. The number of hydrogen-bond acceptors (Lipinski definition) is 5. The summed E-state index contributed by atoms with van der Waals surface area (Å²) in [5.41, 5.74) is 1.48. The van der Waals surface area contributed by atoms with Gasteiger partial charge in [-0.25, -0.2) is 9.97 Å². The molecule has 0 saturated carbocycles. The molecule has 0 aromatic carbocycles. The minimum atomic E-state index is 0.0320. The molecule has 6 nitrogen and oxygen atoms in total. The molecular weight excluding hydrogens is 340 g/mol. The lowest BCUT2D eigenvalue weighted by molar-refractivity contribution is -0.0697. The van der Waals surface area contributed by atoms with Gasteiger partial charge in [0.05, 0.1) is 12.1 Å². The first-order valence-corrected chi connectivity index (χ1v) is 9.54. The number of amides is 1. The number of aromatic nitrogens is 2. The number of nitrogens with zero attached hydrogens (tertiary/aromatic N) is 4. The molecule has 0 unspecified atom stereocenters. The van der Waals surface area contributed by atoms with Crippen LogP contribution in [0.15, 0.2) is 42.6 Å². The number of likely N-dealkylation sites (N-methyl/N-ethyl adjacent to an activating group) is 1. The van der Waals surface area contributed by atoms with Crippen LogP contribution in [0.5, 0.6) is 5.88 Å². The number of hydrogen-bond donors (Lipinski definition) is 0. The van der Waals surface area contributed by atoms with Crippen molar-refractivity contribution in [3.8, 4) is 5.88 Å². The standard InChI is InChI=1S/C21H26N4O2/c1-16-6-5-7-18(23-16)20(26)25-14-21(15-25)12-17(9-11-24(21)2)13-27-19-8-3-4-10-22-19/h3-8,10,17H,9,11-15H2,1-2H3/t17-/m1/s1. The van der Waals surface area contributed by atoms with Gasteiger partial charge in [0.25, 0.3) is 5.91 Å². The lowest BCUT2D eigenvalue weighted by Gasteiger charge is -2.58.